The maximum absolute atomic E-state index is 9.28. The first-order valence-corrected chi connectivity index (χ1v) is 8.69. The Labute approximate surface area is 161 Å². The normalized spacial score (nSPS) is 11.8. The van der Waals surface area contributed by atoms with Gasteiger partial charge >= 0.3 is 0 Å². The fourth-order valence-electron chi connectivity index (χ4n) is 2.29. The highest BCUT2D eigenvalue weighted by atomic mass is 35.5. The van der Waals surface area contributed by atoms with Crippen LogP contribution < -0.4 is 10.6 Å². The number of halogens is 2. The van der Waals surface area contributed by atoms with Crippen LogP contribution in [0.3, 0.4) is 0 Å². The molecule has 0 aliphatic carbocycles. The second kappa shape index (κ2) is 8.31. The molecule has 0 saturated carbocycles. The molecule has 0 unspecified atom stereocenters. The second-order valence-electron chi connectivity index (χ2n) is 5.71. The highest BCUT2D eigenvalue weighted by Crippen LogP contribution is 2.27. The first kappa shape index (κ1) is 18.4. The van der Waals surface area contributed by atoms with E-state index in [-0.39, 0.29) is 12.6 Å². The van der Waals surface area contributed by atoms with Gasteiger partial charge in [0.05, 0.1) is 12.3 Å². The summed E-state index contributed by atoms with van der Waals surface area (Å²) in [5.41, 5.74) is 2.32. The van der Waals surface area contributed by atoms with Gasteiger partial charge in [0.15, 0.2) is 0 Å². The highest BCUT2D eigenvalue weighted by molar-refractivity contribution is 6.35. The molecule has 3 rings (SSSR count). The van der Waals surface area contributed by atoms with Gasteiger partial charge in [0.25, 0.3) is 0 Å². The molecule has 0 saturated heterocycles. The van der Waals surface area contributed by atoms with Crippen LogP contribution in [-0.2, 0) is 0 Å². The van der Waals surface area contributed by atoms with Crippen molar-refractivity contribution in [3.8, 4) is 11.3 Å². The molecule has 3 N–H and O–H groups in total. The fraction of sp³-hybridized carbons (Fsp3) is 0.167. The summed E-state index contributed by atoms with van der Waals surface area (Å²) in [7, 11) is 0. The number of pyridine rings is 1. The maximum Gasteiger partial charge on any atom is 0.225 e. The molecule has 8 heteroatoms. The van der Waals surface area contributed by atoms with E-state index in [1.165, 1.54) is 0 Å². The lowest BCUT2D eigenvalue weighted by molar-refractivity contribution is 0.281. The highest BCUT2D eigenvalue weighted by Gasteiger charge is 2.10. The van der Waals surface area contributed by atoms with Gasteiger partial charge in [-0.3, -0.25) is 4.98 Å². The lowest BCUT2D eigenvalue weighted by Gasteiger charge is -2.14. The molecule has 0 amide bonds. The van der Waals surface area contributed by atoms with E-state index in [0.29, 0.717) is 33.2 Å². The van der Waals surface area contributed by atoms with Crippen LogP contribution in [-0.4, -0.2) is 32.7 Å². The molecule has 0 aliphatic rings. The third-order valence-electron chi connectivity index (χ3n) is 3.49. The number of aromatic nitrogens is 3. The first-order valence-electron chi connectivity index (χ1n) is 7.93. The largest absolute Gasteiger partial charge is 0.394 e. The minimum atomic E-state index is -0.184. The number of aliphatic hydroxyl groups is 1. The lowest BCUT2D eigenvalue weighted by Crippen LogP contribution is -2.21. The van der Waals surface area contributed by atoms with Crippen LogP contribution in [0.2, 0.25) is 10.0 Å². The van der Waals surface area contributed by atoms with Gasteiger partial charge in [0.1, 0.15) is 5.82 Å². The van der Waals surface area contributed by atoms with E-state index in [1.807, 2.05) is 25.1 Å². The number of hydrogen-bond donors (Lipinski definition) is 3. The SMILES string of the molecule is C[C@H](CO)Nc1nc(Nc2cc(Cl)cc(Cl)c2)cc(-c2ccncc2)n1. The average Bonchev–Trinajstić information content (AvgIpc) is 2.61. The van der Waals surface area contributed by atoms with Gasteiger partial charge in [0, 0.05) is 45.8 Å². The minimum absolute atomic E-state index is 0.0322. The van der Waals surface area contributed by atoms with E-state index in [9.17, 15) is 5.11 Å². The molecular formula is C18H17Cl2N5O. The molecule has 3 aromatic rings. The van der Waals surface area contributed by atoms with Crippen LogP contribution in [0.15, 0.2) is 48.8 Å². The Morgan fingerprint density at radius 3 is 2.38 bits per heavy atom. The van der Waals surface area contributed by atoms with Crippen molar-refractivity contribution in [2.75, 3.05) is 17.2 Å². The summed E-state index contributed by atoms with van der Waals surface area (Å²) in [4.78, 5) is 13.0. The molecule has 0 fully saturated rings. The molecule has 26 heavy (non-hydrogen) atoms. The monoisotopic (exact) mass is 389 g/mol. The Kier molecular flexibility index (Phi) is 5.88. The van der Waals surface area contributed by atoms with Crippen molar-refractivity contribution in [2.45, 2.75) is 13.0 Å². The number of hydrogen-bond acceptors (Lipinski definition) is 6. The van der Waals surface area contributed by atoms with Crippen LogP contribution in [0.1, 0.15) is 6.92 Å². The second-order valence-corrected chi connectivity index (χ2v) is 6.58. The Morgan fingerprint density at radius 2 is 1.73 bits per heavy atom. The molecule has 2 aromatic heterocycles. The fourth-order valence-corrected chi connectivity index (χ4v) is 2.81. The summed E-state index contributed by atoms with van der Waals surface area (Å²) in [6.07, 6.45) is 3.40. The van der Waals surface area contributed by atoms with E-state index in [2.05, 4.69) is 25.6 Å². The predicted octanol–water partition coefficient (Wildman–Crippen LogP) is 4.38. The van der Waals surface area contributed by atoms with Gasteiger partial charge in [0.2, 0.25) is 5.95 Å². The Morgan fingerprint density at radius 1 is 1.04 bits per heavy atom. The molecule has 1 aromatic carbocycles. The van der Waals surface area contributed by atoms with E-state index >= 15 is 0 Å². The third kappa shape index (κ3) is 4.82. The van der Waals surface area contributed by atoms with Crippen LogP contribution in [0.4, 0.5) is 17.5 Å². The quantitative estimate of drug-likeness (QED) is 0.579. The number of anilines is 3. The van der Waals surface area contributed by atoms with Crippen LogP contribution in [0.5, 0.6) is 0 Å². The summed E-state index contributed by atoms with van der Waals surface area (Å²) in [5.74, 6) is 0.967. The zero-order valence-electron chi connectivity index (χ0n) is 13.9. The minimum Gasteiger partial charge on any atom is -0.394 e. The van der Waals surface area contributed by atoms with Crippen LogP contribution in [0, 0.1) is 0 Å². The van der Waals surface area contributed by atoms with Crippen molar-refractivity contribution >= 4 is 40.7 Å². The van der Waals surface area contributed by atoms with E-state index in [4.69, 9.17) is 23.2 Å². The summed E-state index contributed by atoms with van der Waals surface area (Å²) in [6, 6.07) is 10.5. The van der Waals surface area contributed by atoms with Gasteiger partial charge in [-0.1, -0.05) is 23.2 Å². The molecule has 0 bridgehead atoms. The van der Waals surface area contributed by atoms with E-state index < -0.39 is 0 Å². The number of benzene rings is 1. The van der Waals surface area contributed by atoms with Crippen molar-refractivity contribution in [2.24, 2.45) is 0 Å². The third-order valence-corrected chi connectivity index (χ3v) is 3.92. The number of nitrogens with one attached hydrogen (secondary N) is 2. The van der Waals surface area contributed by atoms with Gasteiger partial charge in [-0.05, 0) is 37.3 Å². The molecule has 2 heterocycles. The number of rotatable bonds is 6. The summed E-state index contributed by atoms with van der Waals surface area (Å²) < 4.78 is 0. The van der Waals surface area contributed by atoms with Crippen LogP contribution >= 0.6 is 23.2 Å². The van der Waals surface area contributed by atoms with Crippen molar-refractivity contribution in [1.82, 2.24) is 15.0 Å². The molecular weight excluding hydrogens is 373 g/mol. The predicted molar refractivity (Wildman–Crippen MR) is 105 cm³/mol. The topological polar surface area (TPSA) is 83.0 Å². The summed E-state index contributed by atoms with van der Waals surface area (Å²) in [6.45, 7) is 1.81. The lowest BCUT2D eigenvalue weighted by atomic mass is 10.2. The summed E-state index contributed by atoms with van der Waals surface area (Å²) >= 11 is 12.1. The smallest absolute Gasteiger partial charge is 0.225 e. The number of nitrogens with zero attached hydrogens (tertiary/aromatic N) is 3. The molecule has 0 radical (unpaired) electrons. The van der Waals surface area contributed by atoms with Crippen molar-refractivity contribution < 1.29 is 5.11 Å². The standard InChI is InChI=1S/C18H17Cl2N5O/c1-11(10-26)22-18-24-16(12-2-4-21-5-3-12)9-17(25-18)23-15-7-13(19)6-14(20)8-15/h2-9,11,26H,10H2,1H3,(H2,22,23,24,25)/t11-/m1/s1. The Hall–Kier alpha value is -2.41. The Bertz CT molecular complexity index is 872. The van der Waals surface area contributed by atoms with Crippen LogP contribution in [0.25, 0.3) is 11.3 Å². The zero-order chi connectivity index (χ0) is 18.5. The van der Waals surface area contributed by atoms with Crippen molar-refractivity contribution in [3.63, 3.8) is 0 Å². The maximum atomic E-state index is 9.28. The molecule has 0 aliphatic heterocycles. The Balaban J connectivity index is 1.98. The molecule has 1 atom stereocenters. The van der Waals surface area contributed by atoms with Gasteiger partial charge in [-0.25, -0.2) is 4.98 Å². The molecule has 0 spiro atoms. The van der Waals surface area contributed by atoms with Gasteiger partial charge in [-0.2, -0.15) is 4.98 Å². The van der Waals surface area contributed by atoms with E-state index in [0.717, 1.165) is 5.56 Å². The van der Waals surface area contributed by atoms with Crippen molar-refractivity contribution in [3.05, 3.63) is 58.8 Å². The molecule has 134 valence electrons. The summed E-state index contributed by atoms with van der Waals surface area (Å²) in [5, 5.41) is 16.6. The first-order chi connectivity index (χ1) is 12.5. The number of aliphatic hydroxyl groups excluding tert-OH is 1. The van der Waals surface area contributed by atoms with Gasteiger partial charge < -0.3 is 15.7 Å². The van der Waals surface area contributed by atoms with Crippen molar-refractivity contribution in [1.29, 1.82) is 0 Å². The zero-order valence-corrected chi connectivity index (χ0v) is 15.5. The van der Waals surface area contributed by atoms with Gasteiger partial charge in [-0.15, -0.1) is 0 Å². The molecule has 6 nitrogen and oxygen atoms in total. The average molecular weight is 390 g/mol. The van der Waals surface area contributed by atoms with E-state index in [1.54, 1.807) is 30.6 Å².